The largest absolute Gasteiger partial charge is 4.00 e. The minimum atomic E-state index is -1.29. The number of carbonyl (C=O) groups excluding carboxylic acids is 10. The van der Waals surface area contributed by atoms with E-state index in [4.69, 9.17) is 0 Å². The maximum absolute atomic E-state index is 10.2. The van der Waals surface area contributed by atoms with E-state index in [9.17, 15) is 68.4 Å². The van der Waals surface area contributed by atoms with Crippen LogP contribution in [-0.2, 0) is 74.1 Å². The minimum absolute atomic E-state index is 0. The van der Waals surface area contributed by atoms with Crippen LogP contribution in [0.25, 0.3) is 0 Å². The van der Waals surface area contributed by atoms with Crippen molar-refractivity contribution in [3.8, 4) is 0 Å². The summed E-state index contributed by atoms with van der Waals surface area (Å²) in [7, 11) is 0. The predicted molar refractivity (Wildman–Crippen MR) is 126 cm³/mol. The van der Waals surface area contributed by atoms with Crippen molar-refractivity contribution in [3.63, 3.8) is 0 Å². The Balaban J connectivity index is -0.0000000898. The van der Waals surface area contributed by atoms with E-state index in [1.54, 1.807) is 27.7 Å². The first-order valence-corrected chi connectivity index (χ1v) is 11.6. The number of hydrogen-bond donors (Lipinski definition) is 0. The van der Waals surface area contributed by atoms with Crippen LogP contribution in [0.2, 0.25) is 0 Å². The molecular weight excluding hydrogens is 615 g/mol. The van der Waals surface area contributed by atoms with Gasteiger partial charge in [0.2, 0.25) is 0 Å². The van der Waals surface area contributed by atoms with E-state index in [1.165, 1.54) is 13.8 Å². The van der Waals surface area contributed by atoms with Gasteiger partial charge in [0.15, 0.2) is 0 Å². The van der Waals surface area contributed by atoms with Gasteiger partial charge in [-0.1, -0.05) is 27.7 Å². The molecule has 0 bridgehead atoms. The molecule has 0 aromatic rings. The van der Waals surface area contributed by atoms with Gasteiger partial charge in [0.25, 0.3) is 0 Å². The van der Waals surface area contributed by atoms with Crippen LogP contribution in [0.3, 0.4) is 0 Å². The summed E-state index contributed by atoms with van der Waals surface area (Å²) in [5.41, 5.74) is 0. The Kier molecular flexibility index (Phi) is 42.0. The first-order chi connectivity index (χ1) is 17.8. The molecule has 0 aliphatic rings. The molecule has 0 rings (SSSR count). The number of carboxylic acid groups (broad SMARTS) is 4. The van der Waals surface area contributed by atoms with E-state index in [0.717, 1.165) is 0 Å². The van der Waals surface area contributed by atoms with Gasteiger partial charge < -0.3 is 39.6 Å². The molecule has 40 heavy (non-hydrogen) atoms. The van der Waals surface area contributed by atoms with Crippen molar-refractivity contribution in [2.24, 2.45) is 0 Å². The average molecular weight is 652 g/mol. The summed E-state index contributed by atoms with van der Waals surface area (Å²) in [5, 5.41) is 38.5. The molecule has 0 aromatic heterocycles. The van der Waals surface area contributed by atoms with Gasteiger partial charge in [0.1, 0.15) is 34.7 Å². The Hall–Kier alpha value is -3.22. The molecule has 0 radical (unpaired) electrons. The summed E-state index contributed by atoms with van der Waals surface area (Å²) in [6, 6.07) is 0. The summed E-state index contributed by atoms with van der Waals surface area (Å²) >= 11 is 0. The van der Waals surface area contributed by atoms with E-state index >= 15 is 0 Å². The monoisotopic (exact) mass is 650 g/mol. The molecule has 14 nitrogen and oxygen atoms in total. The topological polar surface area (TPSA) is 263 Å². The third kappa shape index (κ3) is 64.6. The number of carbonyl (C=O) groups is 10. The van der Waals surface area contributed by atoms with Gasteiger partial charge in [-0.25, -0.2) is 0 Å². The van der Waals surface area contributed by atoms with Crippen molar-refractivity contribution >= 4 is 58.6 Å². The normalized spacial score (nSPS) is 8.35. The van der Waals surface area contributed by atoms with E-state index in [2.05, 4.69) is 0 Å². The molecule has 0 N–H and O–H groups in total. The van der Waals surface area contributed by atoms with Gasteiger partial charge in [-0.3, -0.25) is 28.8 Å². The van der Waals surface area contributed by atoms with Crippen molar-refractivity contribution in [2.45, 2.75) is 99.3 Å². The fraction of sp³-hybridized carbons (Fsp3) is 0.600. The van der Waals surface area contributed by atoms with E-state index in [0.29, 0.717) is 0 Å². The quantitative estimate of drug-likeness (QED) is 0.169. The number of ketones is 6. The second-order valence-electron chi connectivity index (χ2n) is 7.34. The molecule has 0 atom stereocenters. The number of rotatable bonds is 14. The molecule has 224 valence electrons. The van der Waals surface area contributed by atoms with E-state index in [-0.39, 0.29) is 93.0 Å². The molecule has 15 heteroatoms. The summed E-state index contributed by atoms with van der Waals surface area (Å²) < 4.78 is 0. The Morgan fingerprint density at radius 3 is 0.550 bits per heavy atom. The van der Waals surface area contributed by atoms with Gasteiger partial charge >= 0.3 is 26.2 Å². The standard InChI is InChI=1S/4C5H8O3.C5H8O2.Zr/c4*1-2-4(6)3-5(7)8;1-4(6)3-5(2)7;/h4*2-3H2,1H3,(H,7,8);3H2,1-2H3;/q;;;;;+4/p-4. The van der Waals surface area contributed by atoms with Gasteiger partial charge in [-0.2, -0.15) is 0 Å². The third-order valence-corrected chi connectivity index (χ3v) is 3.44. The van der Waals surface area contributed by atoms with Crippen LogP contribution >= 0.6 is 0 Å². The summed E-state index contributed by atoms with van der Waals surface area (Å²) in [4.78, 5) is 99.4. The Morgan fingerprint density at radius 1 is 0.375 bits per heavy atom. The van der Waals surface area contributed by atoms with Crippen LogP contribution in [-0.4, -0.2) is 58.6 Å². The fourth-order valence-electron chi connectivity index (χ4n) is 1.49. The van der Waals surface area contributed by atoms with Crippen molar-refractivity contribution in [3.05, 3.63) is 0 Å². The molecule has 0 aromatic carbocycles. The smallest absolute Gasteiger partial charge is 0.550 e. The van der Waals surface area contributed by atoms with Crippen LogP contribution in [0.15, 0.2) is 0 Å². The number of hydrogen-bond acceptors (Lipinski definition) is 14. The van der Waals surface area contributed by atoms with Crippen molar-refractivity contribution in [1.29, 1.82) is 0 Å². The molecule has 0 aliphatic heterocycles. The van der Waals surface area contributed by atoms with Crippen LogP contribution < -0.4 is 20.4 Å². The second kappa shape index (κ2) is 33.8. The second-order valence-corrected chi connectivity index (χ2v) is 7.34. The Bertz CT molecular complexity index is 722. The van der Waals surface area contributed by atoms with Crippen LogP contribution in [0.1, 0.15) is 99.3 Å². The van der Waals surface area contributed by atoms with Crippen molar-refractivity contribution < 1.29 is 94.6 Å². The van der Waals surface area contributed by atoms with Gasteiger partial charge in [0, 0.05) is 75.2 Å². The Morgan fingerprint density at radius 2 is 0.525 bits per heavy atom. The molecule has 0 fully saturated rings. The summed E-state index contributed by atoms with van der Waals surface area (Å²) in [6.07, 6.45) is -0.621. The number of Topliss-reactive ketones (excluding diaryl/α,β-unsaturated/α-hetero) is 6. The van der Waals surface area contributed by atoms with Crippen molar-refractivity contribution in [2.75, 3.05) is 0 Å². The summed E-state index contributed by atoms with van der Waals surface area (Å²) in [6.45, 7) is 9.27. The predicted octanol–water partition coefficient (Wildman–Crippen LogP) is -3.03. The SMILES string of the molecule is CC(=O)CC(C)=O.CCC(=O)CC(=O)[O-].CCC(=O)CC(=O)[O-].CCC(=O)CC(=O)[O-].CCC(=O)CC(=O)[O-].[Zr+4]. The minimum Gasteiger partial charge on any atom is -0.550 e. The molecular formula is C25H36O14Zr. The zero-order valence-corrected chi connectivity index (χ0v) is 26.0. The summed E-state index contributed by atoms with van der Waals surface area (Å²) in [5.74, 6) is -6.45. The first-order valence-electron chi connectivity index (χ1n) is 11.6. The fourth-order valence-corrected chi connectivity index (χ4v) is 1.49. The van der Waals surface area contributed by atoms with Crippen molar-refractivity contribution in [1.82, 2.24) is 0 Å². The molecule has 0 aliphatic carbocycles. The maximum atomic E-state index is 10.2. The third-order valence-electron chi connectivity index (χ3n) is 3.44. The number of aliphatic carboxylic acids is 4. The van der Waals surface area contributed by atoms with Gasteiger partial charge in [0.05, 0.1) is 6.42 Å². The van der Waals surface area contributed by atoms with Gasteiger partial charge in [-0.05, 0) is 13.8 Å². The molecule has 0 saturated heterocycles. The number of carboxylic acids is 4. The van der Waals surface area contributed by atoms with E-state index < -0.39 is 49.6 Å². The van der Waals surface area contributed by atoms with Crippen LogP contribution in [0.5, 0.6) is 0 Å². The molecule has 0 spiro atoms. The van der Waals surface area contributed by atoms with Crippen LogP contribution in [0, 0.1) is 0 Å². The molecule has 0 saturated carbocycles. The zero-order chi connectivity index (χ0) is 32.1. The molecule has 0 amide bonds. The Labute approximate surface area is 252 Å². The van der Waals surface area contributed by atoms with Crippen LogP contribution in [0.4, 0.5) is 0 Å². The molecule has 0 heterocycles. The van der Waals surface area contributed by atoms with Gasteiger partial charge in [-0.15, -0.1) is 0 Å². The average Bonchev–Trinajstić information content (AvgIpc) is 2.77. The van der Waals surface area contributed by atoms with E-state index in [1.807, 2.05) is 0 Å². The molecule has 0 unspecified atom stereocenters. The zero-order valence-electron chi connectivity index (χ0n) is 23.6. The first kappa shape index (κ1) is 49.7. The maximum Gasteiger partial charge on any atom is 4.00 e.